The fourth-order valence-electron chi connectivity index (χ4n) is 4.14. The molecule has 0 saturated heterocycles. The molecule has 1 aliphatic heterocycles. The average Bonchev–Trinajstić information content (AvgIpc) is 3.40. The predicted octanol–water partition coefficient (Wildman–Crippen LogP) is 5.61. The van der Waals surface area contributed by atoms with E-state index in [1.807, 2.05) is 0 Å². The van der Waals surface area contributed by atoms with Crippen molar-refractivity contribution in [3.05, 3.63) is 91.3 Å². The number of ether oxygens (including phenoxy) is 3. The van der Waals surface area contributed by atoms with Crippen molar-refractivity contribution in [1.29, 1.82) is 0 Å². The summed E-state index contributed by atoms with van der Waals surface area (Å²) < 4.78 is 16.6. The SMILES string of the molecule is COC(=O)c1ccc(C(=O)c2cc(Cl)c3n2-c2c([nH]c(Cl)c2Cl)C(=O)c2ccc(C(=O)OC)cc2O3)c(O)c1. The minimum atomic E-state index is -0.753. The molecule has 0 aliphatic carbocycles. The van der Waals surface area contributed by atoms with Gasteiger partial charge < -0.3 is 24.3 Å². The summed E-state index contributed by atoms with van der Waals surface area (Å²) in [5, 5.41) is 10.3. The molecule has 0 unspecified atom stereocenters. The van der Waals surface area contributed by atoms with E-state index < -0.39 is 29.3 Å². The van der Waals surface area contributed by atoms with Crippen molar-refractivity contribution in [1.82, 2.24) is 9.55 Å². The van der Waals surface area contributed by atoms with Crippen LogP contribution in [-0.2, 0) is 9.47 Å². The van der Waals surface area contributed by atoms with Crippen LogP contribution < -0.4 is 4.74 Å². The lowest BCUT2D eigenvalue weighted by atomic mass is 10.0. The maximum atomic E-state index is 13.7. The number of fused-ring (bicyclic) bond motifs is 4. The number of nitrogens with zero attached hydrogens (tertiary/aromatic N) is 1. The Balaban J connectivity index is 1.75. The summed E-state index contributed by atoms with van der Waals surface area (Å²) in [7, 11) is 2.38. The van der Waals surface area contributed by atoms with Crippen molar-refractivity contribution in [2.45, 2.75) is 0 Å². The highest BCUT2D eigenvalue weighted by atomic mass is 35.5. The van der Waals surface area contributed by atoms with Crippen LogP contribution in [0.15, 0.2) is 42.5 Å². The second kappa shape index (κ2) is 9.81. The van der Waals surface area contributed by atoms with Gasteiger partial charge in [-0.3, -0.25) is 14.2 Å². The molecular formula is C26H15Cl3N2O8. The number of aromatic nitrogens is 2. The first-order chi connectivity index (χ1) is 18.6. The smallest absolute Gasteiger partial charge is 0.337 e. The molecular weight excluding hydrogens is 575 g/mol. The molecule has 2 N–H and O–H groups in total. The number of phenolic OH excluding ortho intramolecular Hbond substituents is 1. The van der Waals surface area contributed by atoms with Gasteiger partial charge in [0.05, 0.1) is 47.9 Å². The zero-order chi connectivity index (χ0) is 28.2. The first-order valence-corrected chi connectivity index (χ1v) is 12.1. The Morgan fingerprint density at radius 2 is 1.59 bits per heavy atom. The molecule has 3 heterocycles. The van der Waals surface area contributed by atoms with Gasteiger partial charge in [0.15, 0.2) is 0 Å². The Morgan fingerprint density at radius 1 is 0.949 bits per heavy atom. The third kappa shape index (κ3) is 4.22. The van der Waals surface area contributed by atoms with Crippen LogP contribution in [0.25, 0.3) is 5.69 Å². The number of hydrogen-bond acceptors (Lipinski definition) is 8. The lowest BCUT2D eigenvalue weighted by Crippen LogP contribution is -2.17. The molecule has 5 rings (SSSR count). The van der Waals surface area contributed by atoms with Gasteiger partial charge in [0, 0.05) is 0 Å². The summed E-state index contributed by atoms with van der Waals surface area (Å²) in [5.41, 5.74) is -0.307. The summed E-state index contributed by atoms with van der Waals surface area (Å²) in [5.74, 6) is -3.44. The average molecular weight is 590 g/mol. The number of methoxy groups -OCH3 is 2. The summed E-state index contributed by atoms with van der Waals surface area (Å²) in [6.07, 6.45) is 0. The molecule has 0 spiro atoms. The number of H-pyrrole nitrogens is 1. The van der Waals surface area contributed by atoms with Crippen LogP contribution in [0.5, 0.6) is 17.4 Å². The number of carbonyl (C=O) groups excluding carboxylic acids is 4. The quantitative estimate of drug-likeness (QED) is 0.204. The van der Waals surface area contributed by atoms with Crippen molar-refractivity contribution in [3.63, 3.8) is 0 Å². The van der Waals surface area contributed by atoms with Gasteiger partial charge in [-0.1, -0.05) is 34.8 Å². The van der Waals surface area contributed by atoms with E-state index in [4.69, 9.17) is 44.3 Å². The number of nitrogens with one attached hydrogen (secondary N) is 1. The van der Waals surface area contributed by atoms with Crippen LogP contribution in [0.2, 0.25) is 15.2 Å². The van der Waals surface area contributed by atoms with Gasteiger partial charge in [0.25, 0.3) is 0 Å². The van der Waals surface area contributed by atoms with Crippen LogP contribution in [0.3, 0.4) is 0 Å². The van der Waals surface area contributed by atoms with E-state index >= 15 is 0 Å². The van der Waals surface area contributed by atoms with E-state index in [1.165, 1.54) is 55.2 Å². The Bertz CT molecular complexity index is 1740. The van der Waals surface area contributed by atoms with Crippen LogP contribution in [0, 0.1) is 0 Å². The number of ketones is 2. The number of aromatic hydroxyl groups is 1. The molecule has 2 aromatic carbocycles. The maximum Gasteiger partial charge on any atom is 0.337 e. The molecule has 0 bridgehead atoms. The largest absolute Gasteiger partial charge is 0.507 e. The summed E-state index contributed by atoms with van der Waals surface area (Å²) >= 11 is 19.3. The monoisotopic (exact) mass is 588 g/mol. The van der Waals surface area contributed by atoms with Gasteiger partial charge in [-0.25, -0.2) is 9.59 Å². The molecule has 198 valence electrons. The lowest BCUT2D eigenvalue weighted by Gasteiger charge is -2.20. The molecule has 39 heavy (non-hydrogen) atoms. The fourth-order valence-corrected chi connectivity index (χ4v) is 4.78. The zero-order valence-corrected chi connectivity index (χ0v) is 22.2. The van der Waals surface area contributed by atoms with E-state index in [0.29, 0.717) is 0 Å². The van der Waals surface area contributed by atoms with Crippen LogP contribution >= 0.6 is 34.8 Å². The van der Waals surface area contributed by atoms with Crippen molar-refractivity contribution in [2.24, 2.45) is 0 Å². The highest BCUT2D eigenvalue weighted by Crippen LogP contribution is 2.45. The Hall–Kier alpha value is -4.25. The van der Waals surface area contributed by atoms with Crippen molar-refractivity contribution in [3.8, 4) is 23.1 Å². The van der Waals surface area contributed by atoms with E-state index in [1.54, 1.807) is 0 Å². The molecule has 1 aliphatic rings. The topological polar surface area (TPSA) is 137 Å². The van der Waals surface area contributed by atoms with Gasteiger partial charge in [-0.15, -0.1) is 0 Å². The molecule has 0 saturated carbocycles. The molecule has 0 amide bonds. The van der Waals surface area contributed by atoms with E-state index in [2.05, 4.69) is 9.72 Å². The molecule has 13 heteroatoms. The third-order valence-electron chi connectivity index (χ3n) is 5.98. The van der Waals surface area contributed by atoms with Gasteiger partial charge >= 0.3 is 11.9 Å². The Labute approximate surface area is 234 Å². The van der Waals surface area contributed by atoms with Crippen LogP contribution in [0.1, 0.15) is 52.8 Å². The number of esters is 2. The number of carbonyl (C=O) groups is 4. The standard InChI is InChI=1S/C26H15Cl3N2O8/c1-37-25(35)10-3-5-12(16(32)7-10)21(33)15-9-14(27)24-31(15)20-18(28)23(29)30-19(20)22(34)13-6-4-11(26(36)38-2)8-17(13)39-24/h3-9,30,32H,1-2H3. The van der Waals surface area contributed by atoms with E-state index in [9.17, 15) is 24.3 Å². The minimum absolute atomic E-state index is 0.0183. The summed E-state index contributed by atoms with van der Waals surface area (Å²) in [6, 6.07) is 8.92. The summed E-state index contributed by atoms with van der Waals surface area (Å²) in [4.78, 5) is 54.0. The molecule has 10 nitrogen and oxygen atoms in total. The third-order valence-corrected chi connectivity index (χ3v) is 7.00. The van der Waals surface area contributed by atoms with E-state index in [0.717, 1.165) is 6.07 Å². The normalized spacial score (nSPS) is 11.9. The first kappa shape index (κ1) is 26.4. The highest BCUT2D eigenvalue weighted by Gasteiger charge is 2.35. The van der Waals surface area contributed by atoms with Crippen molar-refractivity contribution in [2.75, 3.05) is 14.2 Å². The molecule has 0 atom stereocenters. The number of phenols is 1. The van der Waals surface area contributed by atoms with Crippen molar-refractivity contribution < 1.29 is 38.5 Å². The minimum Gasteiger partial charge on any atom is -0.507 e. The second-order valence-corrected chi connectivity index (χ2v) is 9.34. The van der Waals surface area contributed by atoms with Crippen LogP contribution in [0.4, 0.5) is 0 Å². The number of benzene rings is 2. The van der Waals surface area contributed by atoms with Gasteiger partial charge in [0.2, 0.25) is 17.4 Å². The van der Waals surface area contributed by atoms with Crippen LogP contribution in [-0.4, -0.2) is 52.4 Å². The Kier molecular flexibility index (Phi) is 6.63. The van der Waals surface area contributed by atoms with Gasteiger partial charge in [0.1, 0.15) is 32.4 Å². The summed E-state index contributed by atoms with van der Waals surface area (Å²) in [6.45, 7) is 0. The second-order valence-electron chi connectivity index (χ2n) is 8.18. The molecule has 4 aromatic rings. The number of hydrogen-bond donors (Lipinski definition) is 2. The lowest BCUT2D eigenvalue weighted by molar-refractivity contribution is 0.0591. The molecule has 0 fully saturated rings. The Morgan fingerprint density at radius 3 is 2.23 bits per heavy atom. The maximum absolute atomic E-state index is 13.7. The first-order valence-electron chi connectivity index (χ1n) is 11.0. The van der Waals surface area contributed by atoms with Gasteiger partial charge in [-0.05, 0) is 42.5 Å². The predicted molar refractivity (Wildman–Crippen MR) is 139 cm³/mol. The molecule has 2 aromatic heterocycles. The number of halogens is 3. The van der Waals surface area contributed by atoms with Crippen molar-refractivity contribution >= 4 is 58.3 Å². The number of aromatic amines is 1. The zero-order valence-electron chi connectivity index (χ0n) is 19.9. The molecule has 0 radical (unpaired) electrons. The highest BCUT2D eigenvalue weighted by molar-refractivity contribution is 6.43. The fraction of sp³-hybridized carbons (Fsp3) is 0.0769. The number of rotatable bonds is 4. The van der Waals surface area contributed by atoms with Gasteiger partial charge in [-0.2, -0.15) is 0 Å². The van der Waals surface area contributed by atoms with E-state index in [-0.39, 0.29) is 66.2 Å².